The fourth-order valence-corrected chi connectivity index (χ4v) is 3.57. The lowest BCUT2D eigenvalue weighted by molar-refractivity contribution is 0.0739. The van der Waals surface area contributed by atoms with Gasteiger partial charge in [0.2, 0.25) is 0 Å². The van der Waals surface area contributed by atoms with Crippen molar-refractivity contribution in [3.8, 4) is 11.5 Å². The molecule has 31 heavy (non-hydrogen) atoms. The maximum atomic E-state index is 13.2. The van der Waals surface area contributed by atoms with Gasteiger partial charge in [-0.05, 0) is 42.0 Å². The van der Waals surface area contributed by atoms with Crippen molar-refractivity contribution in [1.82, 2.24) is 4.98 Å². The molecule has 0 aliphatic carbocycles. The van der Waals surface area contributed by atoms with Crippen LogP contribution in [-0.2, 0) is 6.61 Å². The third-order valence-corrected chi connectivity index (χ3v) is 5.06. The summed E-state index contributed by atoms with van der Waals surface area (Å²) in [6.45, 7) is 0.442. The zero-order chi connectivity index (χ0) is 21.0. The number of hydrogen-bond acceptors (Lipinski definition) is 4. The smallest absolute Gasteiger partial charge is 0.344 e. The first-order valence-electron chi connectivity index (χ1n) is 10.0. The molecule has 0 atom stereocenters. The van der Waals surface area contributed by atoms with Crippen LogP contribution in [0.1, 0.15) is 15.9 Å². The van der Waals surface area contributed by atoms with Crippen molar-refractivity contribution in [2.24, 2.45) is 0 Å². The van der Waals surface area contributed by atoms with E-state index in [1.165, 1.54) is 0 Å². The Bertz CT molecular complexity index is 1370. The van der Waals surface area contributed by atoms with Crippen molar-refractivity contribution in [2.75, 3.05) is 0 Å². The Morgan fingerprint density at radius 3 is 2.16 bits per heavy atom. The van der Waals surface area contributed by atoms with E-state index in [0.717, 1.165) is 16.5 Å². The first-order valence-corrected chi connectivity index (χ1v) is 10.0. The van der Waals surface area contributed by atoms with Crippen molar-refractivity contribution in [2.45, 2.75) is 6.61 Å². The third kappa shape index (κ3) is 3.96. The van der Waals surface area contributed by atoms with E-state index in [0.29, 0.717) is 34.6 Å². The van der Waals surface area contributed by atoms with Gasteiger partial charge in [0.05, 0.1) is 16.6 Å². The number of carbonyl (C=O) groups is 1. The van der Waals surface area contributed by atoms with E-state index >= 15 is 0 Å². The van der Waals surface area contributed by atoms with Gasteiger partial charge in [0.15, 0.2) is 0 Å². The minimum Gasteiger partial charge on any atom is -0.489 e. The van der Waals surface area contributed by atoms with Gasteiger partial charge in [-0.25, -0.2) is 9.78 Å². The number of nitrogens with zero attached hydrogens (tertiary/aromatic N) is 1. The van der Waals surface area contributed by atoms with Crippen LogP contribution >= 0.6 is 0 Å². The molecule has 5 rings (SSSR count). The molecule has 0 bridgehead atoms. The predicted molar refractivity (Wildman–Crippen MR) is 121 cm³/mol. The first kappa shape index (κ1) is 18.8. The van der Waals surface area contributed by atoms with Gasteiger partial charge >= 0.3 is 5.97 Å². The quantitative estimate of drug-likeness (QED) is 0.199. The average Bonchev–Trinajstić information content (AvgIpc) is 2.82. The van der Waals surface area contributed by atoms with E-state index in [4.69, 9.17) is 14.5 Å². The van der Waals surface area contributed by atoms with Crippen LogP contribution in [0.3, 0.4) is 0 Å². The van der Waals surface area contributed by atoms with Gasteiger partial charge in [0, 0.05) is 10.8 Å². The van der Waals surface area contributed by atoms with Crippen LogP contribution in [0.15, 0.2) is 103 Å². The zero-order valence-electron chi connectivity index (χ0n) is 16.7. The SMILES string of the molecule is O=C(Oc1ccccc1)c1c2ccccc2nc2ccc(OCc3ccccc3)cc12. The maximum Gasteiger partial charge on any atom is 0.344 e. The second-order valence-electron chi connectivity index (χ2n) is 7.16. The molecule has 0 aliphatic heterocycles. The van der Waals surface area contributed by atoms with Crippen LogP contribution in [0.4, 0.5) is 0 Å². The van der Waals surface area contributed by atoms with Crippen molar-refractivity contribution >= 4 is 27.8 Å². The molecule has 0 radical (unpaired) electrons. The van der Waals surface area contributed by atoms with Crippen molar-refractivity contribution in [3.63, 3.8) is 0 Å². The number of hydrogen-bond donors (Lipinski definition) is 0. The van der Waals surface area contributed by atoms with E-state index in [-0.39, 0.29) is 0 Å². The molecule has 0 fully saturated rings. The van der Waals surface area contributed by atoms with Crippen molar-refractivity contribution in [1.29, 1.82) is 0 Å². The molecule has 0 saturated heterocycles. The highest BCUT2D eigenvalue weighted by Crippen LogP contribution is 2.30. The highest BCUT2D eigenvalue weighted by molar-refractivity contribution is 6.15. The van der Waals surface area contributed by atoms with E-state index in [1.807, 2.05) is 91.0 Å². The van der Waals surface area contributed by atoms with Crippen LogP contribution in [0.5, 0.6) is 11.5 Å². The van der Waals surface area contributed by atoms with Gasteiger partial charge in [0.1, 0.15) is 18.1 Å². The Morgan fingerprint density at radius 1 is 0.677 bits per heavy atom. The number of carbonyl (C=O) groups excluding carboxylic acids is 1. The van der Waals surface area contributed by atoms with Gasteiger partial charge in [-0.1, -0.05) is 66.7 Å². The lowest BCUT2D eigenvalue weighted by Gasteiger charge is -2.12. The standard InChI is InChI=1S/C27H19NO3/c29-27(31-20-11-5-2-6-12-20)26-22-13-7-8-14-24(22)28-25-16-15-21(17-23(25)26)30-18-19-9-3-1-4-10-19/h1-17H,18H2. The Balaban J connectivity index is 1.58. The lowest BCUT2D eigenvalue weighted by Crippen LogP contribution is -2.10. The molecular weight excluding hydrogens is 386 g/mol. The lowest BCUT2D eigenvalue weighted by atomic mass is 10.0. The summed E-state index contributed by atoms with van der Waals surface area (Å²) in [6, 6.07) is 32.2. The summed E-state index contributed by atoms with van der Waals surface area (Å²) in [7, 11) is 0. The van der Waals surface area contributed by atoms with Crippen LogP contribution < -0.4 is 9.47 Å². The Labute approximate surface area is 179 Å². The monoisotopic (exact) mass is 405 g/mol. The maximum absolute atomic E-state index is 13.2. The largest absolute Gasteiger partial charge is 0.489 e. The average molecular weight is 405 g/mol. The van der Waals surface area contributed by atoms with Crippen molar-refractivity contribution in [3.05, 3.63) is 114 Å². The van der Waals surface area contributed by atoms with E-state index in [1.54, 1.807) is 12.1 Å². The van der Waals surface area contributed by atoms with E-state index < -0.39 is 5.97 Å². The minimum absolute atomic E-state index is 0.421. The molecule has 4 nitrogen and oxygen atoms in total. The predicted octanol–water partition coefficient (Wildman–Crippen LogP) is 6.19. The molecule has 4 aromatic carbocycles. The second-order valence-corrected chi connectivity index (χ2v) is 7.16. The number of rotatable bonds is 5. The van der Waals surface area contributed by atoms with Gasteiger partial charge in [-0.2, -0.15) is 0 Å². The van der Waals surface area contributed by atoms with Gasteiger partial charge < -0.3 is 9.47 Å². The molecule has 5 aromatic rings. The molecule has 0 unspecified atom stereocenters. The van der Waals surface area contributed by atoms with Crippen LogP contribution in [-0.4, -0.2) is 11.0 Å². The Hall–Kier alpha value is -4.18. The number of fused-ring (bicyclic) bond motifs is 2. The van der Waals surface area contributed by atoms with E-state index in [2.05, 4.69) is 0 Å². The topological polar surface area (TPSA) is 48.4 Å². The summed E-state index contributed by atoms with van der Waals surface area (Å²) in [5, 5.41) is 1.45. The summed E-state index contributed by atoms with van der Waals surface area (Å²) < 4.78 is 11.7. The molecule has 0 N–H and O–H groups in total. The molecule has 0 aliphatic rings. The Kier molecular flexibility index (Phi) is 5.03. The Morgan fingerprint density at radius 2 is 1.35 bits per heavy atom. The number of ether oxygens (including phenoxy) is 2. The van der Waals surface area contributed by atoms with E-state index in [9.17, 15) is 4.79 Å². The molecule has 0 saturated carbocycles. The van der Waals surface area contributed by atoms with Gasteiger partial charge in [0.25, 0.3) is 0 Å². The van der Waals surface area contributed by atoms with Crippen LogP contribution in [0.2, 0.25) is 0 Å². The van der Waals surface area contributed by atoms with Gasteiger partial charge in [-0.3, -0.25) is 0 Å². The fourth-order valence-electron chi connectivity index (χ4n) is 3.57. The minimum atomic E-state index is -0.421. The molecule has 0 spiro atoms. The third-order valence-electron chi connectivity index (χ3n) is 5.06. The highest BCUT2D eigenvalue weighted by Gasteiger charge is 2.19. The summed E-state index contributed by atoms with van der Waals surface area (Å²) in [5.74, 6) is 0.746. The number of benzene rings is 4. The summed E-state index contributed by atoms with van der Waals surface area (Å²) in [5.41, 5.74) is 3.01. The summed E-state index contributed by atoms with van der Waals surface area (Å²) in [6.07, 6.45) is 0. The zero-order valence-corrected chi connectivity index (χ0v) is 16.7. The molecule has 1 aromatic heterocycles. The molecule has 1 heterocycles. The van der Waals surface area contributed by atoms with Crippen LogP contribution in [0.25, 0.3) is 21.8 Å². The summed E-state index contributed by atoms with van der Waals surface area (Å²) in [4.78, 5) is 18.0. The number of aromatic nitrogens is 1. The van der Waals surface area contributed by atoms with Crippen molar-refractivity contribution < 1.29 is 14.3 Å². The number of pyridine rings is 1. The summed E-state index contributed by atoms with van der Waals surface area (Å²) >= 11 is 0. The second kappa shape index (κ2) is 8.28. The number of para-hydroxylation sites is 2. The fraction of sp³-hybridized carbons (Fsp3) is 0.0370. The highest BCUT2D eigenvalue weighted by atomic mass is 16.5. The molecular formula is C27H19NO3. The molecule has 0 amide bonds. The van der Waals surface area contributed by atoms with Crippen LogP contribution in [0, 0.1) is 0 Å². The van der Waals surface area contributed by atoms with Gasteiger partial charge in [-0.15, -0.1) is 0 Å². The number of esters is 1. The molecule has 150 valence electrons. The molecule has 4 heteroatoms. The first-order chi connectivity index (χ1) is 15.3. The normalized spacial score (nSPS) is 10.8.